The summed E-state index contributed by atoms with van der Waals surface area (Å²) in [5, 5.41) is 0. The number of rotatable bonds is 9. The highest BCUT2D eigenvalue weighted by molar-refractivity contribution is 5.54. The third-order valence-corrected chi connectivity index (χ3v) is 3.49. The Labute approximate surface area is 123 Å². The molecular formula is C16H29N3O. The highest BCUT2D eigenvalue weighted by Gasteiger charge is 2.15. The van der Waals surface area contributed by atoms with Gasteiger partial charge in [-0.15, -0.1) is 0 Å². The van der Waals surface area contributed by atoms with Crippen LogP contribution in [0, 0.1) is 0 Å². The van der Waals surface area contributed by atoms with Crippen LogP contribution in [-0.2, 0) is 0 Å². The summed E-state index contributed by atoms with van der Waals surface area (Å²) in [5.41, 5.74) is 6.55. The standard InChI is InChI=1S/C16H29N3O/c1-5-8-11-19(13(4)7-3)15-10-9-14(17)16(18-15)20-12-6-2/h9-10,13H,5-8,11-12,17H2,1-4H3. The zero-order chi connectivity index (χ0) is 15.0. The molecule has 4 heteroatoms. The minimum absolute atomic E-state index is 0.469. The average molecular weight is 279 g/mol. The van der Waals surface area contributed by atoms with Crippen molar-refractivity contribution in [3.63, 3.8) is 0 Å². The summed E-state index contributed by atoms with van der Waals surface area (Å²) in [6, 6.07) is 4.36. The minimum Gasteiger partial charge on any atom is -0.476 e. The van der Waals surface area contributed by atoms with Crippen molar-refractivity contribution in [2.24, 2.45) is 0 Å². The zero-order valence-electron chi connectivity index (χ0n) is 13.4. The van der Waals surface area contributed by atoms with Gasteiger partial charge in [-0.05, 0) is 38.3 Å². The van der Waals surface area contributed by atoms with Crippen molar-refractivity contribution in [2.75, 3.05) is 23.8 Å². The molecule has 0 aliphatic heterocycles. The molecule has 1 atom stereocenters. The smallest absolute Gasteiger partial charge is 0.239 e. The van der Waals surface area contributed by atoms with Gasteiger partial charge in [0.2, 0.25) is 5.88 Å². The van der Waals surface area contributed by atoms with Crippen LogP contribution < -0.4 is 15.4 Å². The molecule has 0 bridgehead atoms. The van der Waals surface area contributed by atoms with Gasteiger partial charge >= 0.3 is 0 Å². The van der Waals surface area contributed by atoms with Gasteiger partial charge in [-0.1, -0.05) is 27.2 Å². The van der Waals surface area contributed by atoms with Crippen LogP contribution in [0.1, 0.15) is 53.4 Å². The first-order valence-electron chi connectivity index (χ1n) is 7.79. The quantitative estimate of drug-likeness (QED) is 0.746. The van der Waals surface area contributed by atoms with E-state index >= 15 is 0 Å². The summed E-state index contributed by atoms with van der Waals surface area (Å²) in [4.78, 5) is 6.96. The molecule has 0 saturated heterocycles. The number of nitrogen functional groups attached to an aromatic ring is 1. The van der Waals surface area contributed by atoms with Crippen molar-refractivity contribution in [3.8, 4) is 5.88 Å². The van der Waals surface area contributed by atoms with Crippen LogP contribution in [0.5, 0.6) is 5.88 Å². The summed E-state index contributed by atoms with van der Waals surface area (Å²) in [7, 11) is 0. The molecule has 1 aromatic rings. The van der Waals surface area contributed by atoms with Crippen molar-refractivity contribution in [3.05, 3.63) is 12.1 Å². The predicted molar refractivity (Wildman–Crippen MR) is 86.4 cm³/mol. The van der Waals surface area contributed by atoms with Gasteiger partial charge in [0.05, 0.1) is 12.3 Å². The molecular weight excluding hydrogens is 250 g/mol. The van der Waals surface area contributed by atoms with Gasteiger partial charge in [0.15, 0.2) is 0 Å². The van der Waals surface area contributed by atoms with Gasteiger partial charge in [0.25, 0.3) is 0 Å². The van der Waals surface area contributed by atoms with E-state index in [4.69, 9.17) is 10.5 Å². The fourth-order valence-corrected chi connectivity index (χ4v) is 2.03. The Morgan fingerprint density at radius 3 is 2.60 bits per heavy atom. The molecule has 20 heavy (non-hydrogen) atoms. The maximum absolute atomic E-state index is 5.93. The van der Waals surface area contributed by atoms with Gasteiger partial charge in [-0.25, -0.2) is 0 Å². The van der Waals surface area contributed by atoms with Crippen LogP contribution in [0.3, 0.4) is 0 Å². The van der Waals surface area contributed by atoms with Crippen molar-refractivity contribution in [2.45, 2.75) is 59.4 Å². The van der Waals surface area contributed by atoms with E-state index in [1.807, 2.05) is 12.1 Å². The highest BCUT2D eigenvalue weighted by Crippen LogP contribution is 2.25. The Morgan fingerprint density at radius 2 is 2.00 bits per heavy atom. The number of hydrogen-bond acceptors (Lipinski definition) is 4. The van der Waals surface area contributed by atoms with Crippen LogP contribution in [0.15, 0.2) is 12.1 Å². The second kappa shape index (κ2) is 8.67. The second-order valence-electron chi connectivity index (χ2n) is 5.22. The molecule has 0 fully saturated rings. The number of nitrogens with two attached hydrogens (primary N) is 1. The molecule has 0 radical (unpaired) electrons. The van der Waals surface area contributed by atoms with E-state index in [1.54, 1.807) is 0 Å². The topological polar surface area (TPSA) is 51.4 Å². The number of anilines is 2. The summed E-state index contributed by atoms with van der Waals surface area (Å²) in [6.45, 7) is 10.4. The average Bonchev–Trinajstić information content (AvgIpc) is 2.47. The Morgan fingerprint density at radius 1 is 1.25 bits per heavy atom. The van der Waals surface area contributed by atoms with E-state index in [0.29, 0.717) is 24.2 Å². The van der Waals surface area contributed by atoms with Crippen LogP contribution in [-0.4, -0.2) is 24.2 Å². The number of ether oxygens (including phenoxy) is 1. The van der Waals surface area contributed by atoms with Gasteiger partial charge in [-0.2, -0.15) is 4.98 Å². The number of nitrogens with zero attached hydrogens (tertiary/aromatic N) is 2. The lowest BCUT2D eigenvalue weighted by Crippen LogP contribution is -2.34. The lowest BCUT2D eigenvalue weighted by Gasteiger charge is -2.30. The van der Waals surface area contributed by atoms with E-state index < -0.39 is 0 Å². The molecule has 2 N–H and O–H groups in total. The maximum atomic E-state index is 5.93. The number of pyridine rings is 1. The molecule has 0 aliphatic rings. The first kappa shape index (κ1) is 16.6. The van der Waals surface area contributed by atoms with Gasteiger partial charge < -0.3 is 15.4 Å². The molecule has 0 aliphatic carbocycles. The Kier molecular flexibility index (Phi) is 7.20. The number of unbranched alkanes of at least 4 members (excludes halogenated alkanes) is 1. The van der Waals surface area contributed by atoms with Crippen molar-refractivity contribution >= 4 is 11.5 Å². The lowest BCUT2D eigenvalue weighted by molar-refractivity contribution is 0.307. The van der Waals surface area contributed by atoms with Crippen LogP contribution >= 0.6 is 0 Å². The van der Waals surface area contributed by atoms with E-state index in [1.165, 1.54) is 12.8 Å². The van der Waals surface area contributed by atoms with Crippen LogP contribution in [0.4, 0.5) is 11.5 Å². The monoisotopic (exact) mass is 279 g/mol. The molecule has 114 valence electrons. The maximum Gasteiger partial charge on any atom is 0.239 e. The Balaban J connectivity index is 2.94. The summed E-state index contributed by atoms with van der Waals surface area (Å²) >= 11 is 0. The highest BCUT2D eigenvalue weighted by atomic mass is 16.5. The molecule has 1 rings (SSSR count). The van der Waals surface area contributed by atoms with E-state index in [0.717, 1.165) is 25.2 Å². The second-order valence-corrected chi connectivity index (χ2v) is 5.22. The SMILES string of the molecule is CCCCN(c1ccc(N)c(OCCC)n1)C(C)CC. The van der Waals surface area contributed by atoms with Crippen molar-refractivity contribution in [1.82, 2.24) is 4.98 Å². The molecule has 0 saturated carbocycles. The fraction of sp³-hybridized carbons (Fsp3) is 0.688. The van der Waals surface area contributed by atoms with Gasteiger partial charge in [0.1, 0.15) is 5.82 Å². The van der Waals surface area contributed by atoms with E-state index in [2.05, 4.69) is 37.6 Å². The Hall–Kier alpha value is -1.45. The minimum atomic E-state index is 0.469. The predicted octanol–water partition coefficient (Wildman–Crippen LogP) is 3.86. The third-order valence-electron chi connectivity index (χ3n) is 3.49. The fourth-order valence-electron chi connectivity index (χ4n) is 2.03. The molecule has 1 aromatic heterocycles. The van der Waals surface area contributed by atoms with E-state index in [-0.39, 0.29) is 0 Å². The first-order valence-corrected chi connectivity index (χ1v) is 7.79. The molecule has 0 aromatic carbocycles. The number of hydrogen-bond donors (Lipinski definition) is 1. The lowest BCUT2D eigenvalue weighted by atomic mass is 10.2. The summed E-state index contributed by atoms with van der Waals surface area (Å²) in [5.74, 6) is 1.53. The normalized spacial score (nSPS) is 12.2. The first-order chi connectivity index (χ1) is 9.63. The molecule has 1 unspecified atom stereocenters. The third kappa shape index (κ3) is 4.58. The summed E-state index contributed by atoms with van der Waals surface area (Å²) in [6.07, 6.45) is 4.40. The molecule has 4 nitrogen and oxygen atoms in total. The molecule has 0 spiro atoms. The van der Waals surface area contributed by atoms with Crippen molar-refractivity contribution in [1.29, 1.82) is 0 Å². The zero-order valence-corrected chi connectivity index (χ0v) is 13.4. The molecule has 0 amide bonds. The van der Waals surface area contributed by atoms with Gasteiger partial charge in [0, 0.05) is 12.6 Å². The summed E-state index contributed by atoms with van der Waals surface area (Å²) < 4.78 is 5.63. The van der Waals surface area contributed by atoms with Crippen molar-refractivity contribution < 1.29 is 4.74 Å². The van der Waals surface area contributed by atoms with Crippen LogP contribution in [0.25, 0.3) is 0 Å². The molecule has 1 heterocycles. The largest absolute Gasteiger partial charge is 0.476 e. The number of aromatic nitrogens is 1. The van der Waals surface area contributed by atoms with E-state index in [9.17, 15) is 0 Å². The van der Waals surface area contributed by atoms with Crippen LogP contribution in [0.2, 0.25) is 0 Å². The Bertz CT molecular complexity index is 395. The van der Waals surface area contributed by atoms with Gasteiger partial charge in [-0.3, -0.25) is 0 Å².